The number of hydrogen-bond donors (Lipinski definition) is 1. The van der Waals surface area contributed by atoms with Crippen LogP contribution in [0.4, 0.5) is 5.69 Å². The number of unbranched alkanes of at least 4 members (excludes halogenated alkanes) is 1. The standard InChI is InChI=1S/C18H20BrNO3/c1-2-3-11-22-17-10-5-4-9-16(17)20-18(21)13-23-15-8-6-7-14(19)12-15/h4-10,12H,2-3,11,13H2,1H3,(H,20,21). The summed E-state index contributed by atoms with van der Waals surface area (Å²) in [6, 6.07) is 14.8. The van der Waals surface area contributed by atoms with Crippen molar-refractivity contribution < 1.29 is 14.3 Å². The topological polar surface area (TPSA) is 47.6 Å². The molecule has 23 heavy (non-hydrogen) atoms. The highest BCUT2D eigenvalue weighted by Gasteiger charge is 2.08. The maximum Gasteiger partial charge on any atom is 0.262 e. The number of rotatable bonds is 8. The fourth-order valence-electron chi connectivity index (χ4n) is 1.91. The molecule has 0 atom stereocenters. The van der Waals surface area contributed by atoms with Crippen LogP contribution >= 0.6 is 15.9 Å². The average Bonchev–Trinajstić information content (AvgIpc) is 2.55. The smallest absolute Gasteiger partial charge is 0.262 e. The minimum Gasteiger partial charge on any atom is -0.491 e. The fraction of sp³-hybridized carbons (Fsp3) is 0.278. The third-order valence-electron chi connectivity index (χ3n) is 3.08. The molecular formula is C18H20BrNO3. The normalized spacial score (nSPS) is 10.2. The predicted octanol–water partition coefficient (Wildman–Crippen LogP) is 4.65. The van der Waals surface area contributed by atoms with Gasteiger partial charge in [-0.1, -0.05) is 47.5 Å². The van der Waals surface area contributed by atoms with E-state index in [1.807, 2.05) is 42.5 Å². The second-order valence-electron chi connectivity index (χ2n) is 4.99. The second kappa shape index (κ2) is 9.20. The van der Waals surface area contributed by atoms with Crippen LogP contribution in [0.2, 0.25) is 0 Å². The van der Waals surface area contributed by atoms with Crippen LogP contribution in [0.15, 0.2) is 53.0 Å². The Morgan fingerprint density at radius 3 is 2.74 bits per heavy atom. The summed E-state index contributed by atoms with van der Waals surface area (Å²) in [5.74, 6) is 1.09. The summed E-state index contributed by atoms with van der Waals surface area (Å²) in [7, 11) is 0. The van der Waals surface area contributed by atoms with E-state index in [1.165, 1.54) is 0 Å². The summed E-state index contributed by atoms with van der Waals surface area (Å²) in [4.78, 5) is 12.0. The van der Waals surface area contributed by atoms with Crippen LogP contribution in [-0.4, -0.2) is 19.1 Å². The maximum atomic E-state index is 12.0. The van der Waals surface area contributed by atoms with Crippen molar-refractivity contribution in [1.29, 1.82) is 0 Å². The number of halogens is 1. The van der Waals surface area contributed by atoms with Gasteiger partial charge in [0.25, 0.3) is 5.91 Å². The summed E-state index contributed by atoms with van der Waals surface area (Å²) in [6.45, 7) is 2.69. The van der Waals surface area contributed by atoms with Crippen molar-refractivity contribution in [3.8, 4) is 11.5 Å². The zero-order valence-corrected chi connectivity index (χ0v) is 14.6. The number of para-hydroxylation sites is 2. The molecule has 0 saturated heterocycles. The third kappa shape index (κ3) is 5.94. The molecule has 2 aromatic rings. The van der Waals surface area contributed by atoms with Crippen molar-refractivity contribution in [1.82, 2.24) is 0 Å². The van der Waals surface area contributed by atoms with Crippen molar-refractivity contribution in [3.05, 3.63) is 53.0 Å². The largest absolute Gasteiger partial charge is 0.491 e. The lowest BCUT2D eigenvalue weighted by Crippen LogP contribution is -2.20. The molecular weight excluding hydrogens is 358 g/mol. The summed E-state index contributed by atoms with van der Waals surface area (Å²) in [6.07, 6.45) is 2.04. The predicted molar refractivity (Wildman–Crippen MR) is 95.1 cm³/mol. The maximum absolute atomic E-state index is 12.0. The van der Waals surface area contributed by atoms with Gasteiger partial charge in [-0.3, -0.25) is 4.79 Å². The molecule has 0 heterocycles. The molecule has 0 aliphatic rings. The lowest BCUT2D eigenvalue weighted by Gasteiger charge is -2.12. The molecule has 0 radical (unpaired) electrons. The first kappa shape index (κ1) is 17.3. The van der Waals surface area contributed by atoms with Crippen molar-refractivity contribution in [2.24, 2.45) is 0 Å². The minimum atomic E-state index is -0.225. The molecule has 1 N–H and O–H groups in total. The van der Waals surface area contributed by atoms with E-state index in [-0.39, 0.29) is 12.5 Å². The van der Waals surface area contributed by atoms with Crippen LogP contribution < -0.4 is 14.8 Å². The molecule has 0 spiro atoms. The Morgan fingerprint density at radius 1 is 1.13 bits per heavy atom. The van der Waals surface area contributed by atoms with Gasteiger partial charge in [0.15, 0.2) is 6.61 Å². The SMILES string of the molecule is CCCCOc1ccccc1NC(=O)COc1cccc(Br)c1. The van der Waals surface area contributed by atoms with Crippen molar-refractivity contribution in [3.63, 3.8) is 0 Å². The Balaban J connectivity index is 1.89. The summed E-state index contributed by atoms with van der Waals surface area (Å²) < 4.78 is 12.1. The number of benzene rings is 2. The fourth-order valence-corrected chi connectivity index (χ4v) is 2.29. The van der Waals surface area contributed by atoms with Crippen LogP contribution in [0.25, 0.3) is 0 Å². The molecule has 0 bridgehead atoms. The molecule has 0 saturated carbocycles. The van der Waals surface area contributed by atoms with Gasteiger partial charge >= 0.3 is 0 Å². The highest BCUT2D eigenvalue weighted by atomic mass is 79.9. The number of carbonyl (C=O) groups excluding carboxylic acids is 1. The zero-order chi connectivity index (χ0) is 16.5. The Bertz CT molecular complexity index is 646. The lowest BCUT2D eigenvalue weighted by atomic mass is 10.3. The van der Waals surface area contributed by atoms with Crippen LogP contribution in [-0.2, 0) is 4.79 Å². The number of hydrogen-bond acceptors (Lipinski definition) is 3. The van der Waals surface area contributed by atoms with E-state index in [2.05, 4.69) is 28.2 Å². The van der Waals surface area contributed by atoms with Gasteiger partial charge < -0.3 is 14.8 Å². The molecule has 0 fully saturated rings. The molecule has 5 heteroatoms. The van der Waals surface area contributed by atoms with Gasteiger partial charge in [0.2, 0.25) is 0 Å². The van der Waals surface area contributed by atoms with Gasteiger partial charge in [-0.05, 0) is 36.8 Å². The number of ether oxygens (including phenoxy) is 2. The summed E-state index contributed by atoms with van der Waals surface area (Å²) in [5, 5.41) is 2.82. The molecule has 122 valence electrons. The van der Waals surface area contributed by atoms with Crippen LogP contribution in [0, 0.1) is 0 Å². The van der Waals surface area contributed by atoms with E-state index in [0.29, 0.717) is 23.8 Å². The Labute approximate surface area is 144 Å². The molecule has 1 amide bonds. The second-order valence-corrected chi connectivity index (χ2v) is 5.91. The van der Waals surface area contributed by atoms with E-state index in [0.717, 1.165) is 17.3 Å². The van der Waals surface area contributed by atoms with Gasteiger partial charge in [-0.15, -0.1) is 0 Å². The zero-order valence-electron chi connectivity index (χ0n) is 13.0. The van der Waals surface area contributed by atoms with Crippen LogP contribution in [0.5, 0.6) is 11.5 Å². The highest BCUT2D eigenvalue weighted by molar-refractivity contribution is 9.10. The average molecular weight is 378 g/mol. The van der Waals surface area contributed by atoms with Crippen molar-refractivity contribution in [2.75, 3.05) is 18.5 Å². The first-order valence-corrected chi connectivity index (χ1v) is 8.38. The quantitative estimate of drug-likeness (QED) is 0.681. The number of carbonyl (C=O) groups is 1. The highest BCUT2D eigenvalue weighted by Crippen LogP contribution is 2.24. The summed E-state index contributed by atoms with van der Waals surface area (Å²) >= 11 is 3.37. The third-order valence-corrected chi connectivity index (χ3v) is 3.58. The van der Waals surface area contributed by atoms with Crippen LogP contribution in [0.1, 0.15) is 19.8 Å². The van der Waals surface area contributed by atoms with Gasteiger partial charge in [0.05, 0.1) is 12.3 Å². The van der Waals surface area contributed by atoms with E-state index >= 15 is 0 Å². The molecule has 0 aliphatic carbocycles. The van der Waals surface area contributed by atoms with Gasteiger partial charge in [0.1, 0.15) is 11.5 Å². The van der Waals surface area contributed by atoms with Crippen LogP contribution in [0.3, 0.4) is 0 Å². The Hall–Kier alpha value is -2.01. The first-order valence-electron chi connectivity index (χ1n) is 7.59. The first-order chi connectivity index (χ1) is 11.2. The van der Waals surface area contributed by atoms with E-state index in [4.69, 9.17) is 9.47 Å². The molecule has 0 aliphatic heterocycles. The Kier molecular flexibility index (Phi) is 6.94. The Morgan fingerprint density at radius 2 is 1.96 bits per heavy atom. The molecule has 2 rings (SSSR count). The minimum absolute atomic E-state index is 0.0558. The van der Waals surface area contributed by atoms with E-state index in [1.54, 1.807) is 6.07 Å². The van der Waals surface area contributed by atoms with Gasteiger partial charge in [-0.2, -0.15) is 0 Å². The number of amides is 1. The van der Waals surface area contributed by atoms with Gasteiger partial charge in [0, 0.05) is 4.47 Å². The molecule has 0 aromatic heterocycles. The summed E-state index contributed by atoms with van der Waals surface area (Å²) in [5.41, 5.74) is 0.659. The van der Waals surface area contributed by atoms with Gasteiger partial charge in [-0.25, -0.2) is 0 Å². The van der Waals surface area contributed by atoms with E-state index < -0.39 is 0 Å². The number of anilines is 1. The number of nitrogens with one attached hydrogen (secondary N) is 1. The monoisotopic (exact) mass is 377 g/mol. The molecule has 0 unspecified atom stereocenters. The van der Waals surface area contributed by atoms with Crippen molar-refractivity contribution >= 4 is 27.5 Å². The van der Waals surface area contributed by atoms with Crippen molar-refractivity contribution in [2.45, 2.75) is 19.8 Å². The van der Waals surface area contributed by atoms with E-state index in [9.17, 15) is 4.79 Å². The molecule has 4 nitrogen and oxygen atoms in total. The lowest BCUT2D eigenvalue weighted by molar-refractivity contribution is -0.118. The molecule has 2 aromatic carbocycles.